The minimum absolute atomic E-state index is 0. The quantitative estimate of drug-likeness (QED) is 0.733. The van der Waals surface area contributed by atoms with Crippen LogP contribution in [0.1, 0.15) is 6.42 Å². The molecule has 1 aliphatic heterocycles. The summed E-state index contributed by atoms with van der Waals surface area (Å²) in [5.41, 5.74) is 0. The predicted molar refractivity (Wildman–Crippen MR) is 65.2 cm³/mol. The number of carbonyl (C=O) groups is 1. The Morgan fingerprint density at radius 3 is 2.60 bits per heavy atom. The van der Waals surface area contributed by atoms with Gasteiger partial charge in [0.15, 0.2) is 0 Å². The first-order valence-corrected chi connectivity index (χ1v) is 4.56. The van der Waals surface area contributed by atoms with E-state index in [1.807, 2.05) is 4.90 Å². The lowest BCUT2D eigenvalue weighted by atomic mass is 10.2. The van der Waals surface area contributed by atoms with Crippen molar-refractivity contribution >= 4 is 30.8 Å². The molecule has 0 bridgehead atoms. The highest BCUT2D eigenvalue weighted by Crippen LogP contribution is 2.04. The molecule has 0 spiro atoms. The van der Waals surface area contributed by atoms with Crippen LogP contribution in [0.25, 0.3) is 0 Å². The molecule has 1 atom stereocenters. The predicted octanol–water partition coefficient (Wildman–Crippen LogP) is 0.764. The van der Waals surface area contributed by atoms with E-state index in [4.69, 9.17) is 5.11 Å². The molecule has 0 aromatic carbocycles. The number of carboxylic acids is 1. The number of nitrogens with one attached hydrogen (secondary N) is 1. The first kappa shape index (κ1) is 17.1. The molecular weight excluding hydrogens is 239 g/mol. The van der Waals surface area contributed by atoms with Crippen LogP contribution in [0.3, 0.4) is 0 Å². The fourth-order valence-electron chi connectivity index (χ4n) is 1.55. The smallest absolute Gasteiger partial charge is 0.324 e. The molecule has 0 aliphatic carbocycles. The van der Waals surface area contributed by atoms with Crippen LogP contribution >= 0.6 is 24.8 Å². The lowest BCUT2D eigenvalue weighted by molar-refractivity contribution is -0.141. The van der Waals surface area contributed by atoms with Gasteiger partial charge in [0.25, 0.3) is 0 Å². The van der Waals surface area contributed by atoms with E-state index in [1.54, 1.807) is 0 Å². The highest BCUT2D eigenvalue weighted by molar-refractivity contribution is 5.85. The maximum atomic E-state index is 10.8. The van der Waals surface area contributed by atoms with Crippen LogP contribution in [0.15, 0.2) is 12.7 Å². The Bertz CT molecular complexity index is 195. The molecule has 1 unspecified atom stereocenters. The topological polar surface area (TPSA) is 52.6 Å². The van der Waals surface area contributed by atoms with E-state index in [1.165, 1.54) is 6.08 Å². The van der Waals surface area contributed by atoms with Gasteiger partial charge in [0.05, 0.1) is 0 Å². The highest BCUT2D eigenvalue weighted by atomic mass is 35.5. The summed E-state index contributed by atoms with van der Waals surface area (Å²) >= 11 is 0. The Balaban J connectivity index is 0. The molecule has 1 rings (SSSR count). The summed E-state index contributed by atoms with van der Waals surface area (Å²) in [5, 5.41) is 12.1. The lowest BCUT2D eigenvalue weighted by Crippen LogP contribution is -2.41. The summed E-state index contributed by atoms with van der Waals surface area (Å²) in [6, 6.07) is -0.528. The molecule has 0 radical (unpaired) electrons. The zero-order valence-corrected chi connectivity index (χ0v) is 10.1. The van der Waals surface area contributed by atoms with Gasteiger partial charge in [-0.2, -0.15) is 0 Å². The fourth-order valence-corrected chi connectivity index (χ4v) is 1.55. The van der Waals surface area contributed by atoms with Crippen LogP contribution in [-0.2, 0) is 4.79 Å². The Morgan fingerprint density at radius 2 is 2.07 bits per heavy atom. The van der Waals surface area contributed by atoms with Gasteiger partial charge in [-0.05, 0) is 13.0 Å². The second-order valence-electron chi connectivity index (χ2n) is 3.16. The molecule has 1 saturated heterocycles. The van der Waals surface area contributed by atoms with Crippen molar-refractivity contribution < 1.29 is 9.90 Å². The second-order valence-corrected chi connectivity index (χ2v) is 3.16. The van der Waals surface area contributed by atoms with Crippen LogP contribution in [-0.4, -0.2) is 48.2 Å². The van der Waals surface area contributed by atoms with E-state index in [2.05, 4.69) is 11.9 Å². The maximum absolute atomic E-state index is 10.8. The SMILES string of the molecule is C=CC(C(=O)O)N1CCCNCC1.Cl.Cl. The van der Waals surface area contributed by atoms with Crippen molar-refractivity contribution in [1.82, 2.24) is 10.2 Å². The van der Waals surface area contributed by atoms with Crippen LogP contribution in [0.2, 0.25) is 0 Å². The Morgan fingerprint density at radius 1 is 1.40 bits per heavy atom. The van der Waals surface area contributed by atoms with Crippen molar-refractivity contribution in [3.63, 3.8) is 0 Å². The Kier molecular flexibility index (Phi) is 10.2. The molecule has 90 valence electrons. The molecule has 6 heteroatoms. The molecule has 1 fully saturated rings. The van der Waals surface area contributed by atoms with Gasteiger partial charge < -0.3 is 10.4 Å². The molecule has 0 aromatic heterocycles. The maximum Gasteiger partial charge on any atom is 0.324 e. The van der Waals surface area contributed by atoms with Gasteiger partial charge in [0.1, 0.15) is 6.04 Å². The van der Waals surface area contributed by atoms with E-state index in [0.29, 0.717) is 0 Å². The van der Waals surface area contributed by atoms with Gasteiger partial charge in [-0.25, -0.2) is 0 Å². The third-order valence-corrected chi connectivity index (χ3v) is 2.24. The molecule has 4 nitrogen and oxygen atoms in total. The zero-order chi connectivity index (χ0) is 9.68. The number of aliphatic carboxylic acids is 1. The molecule has 15 heavy (non-hydrogen) atoms. The minimum atomic E-state index is -0.808. The zero-order valence-electron chi connectivity index (χ0n) is 8.52. The molecule has 0 amide bonds. The van der Waals surface area contributed by atoms with Crippen LogP contribution in [0.5, 0.6) is 0 Å². The van der Waals surface area contributed by atoms with E-state index >= 15 is 0 Å². The number of hydrogen-bond acceptors (Lipinski definition) is 3. The molecule has 2 N–H and O–H groups in total. The van der Waals surface area contributed by atoms with Crippen molar-refractivity contribution in [3.8, 4) is 0 Å². The number of nitrogens with zero attached hydrogens (tertiary/aromatic N) is 1. The number of rotatable bonds is 3. The third kappa shape index (κ3) is 5.37. The Hall–Kier alpha value is -0.290. The van der Waals surface area contributed by atoms with Gasteiger partial charge in [0.2, 0.25) is 0 Å². The van der Waals surface area contributed by atoms with Crippen molar-refractivity contribution in [2.24, 2.45) is 0 Å². The van der Waals surface area contributed by atoms with Gasteiger partial charge in [0, 0.05) is 19.6 Å². The molecule has 0 saturated carbocycles. The fraction of sp³-hybridized carbons (Fsp3) is 0.667. The lowest BCUT2D eigenvalue weighted by Gasteiger charge is -2.24. The van der Waals surface area contributed by atoms with Crippen molar-refractivity contribution in [2.45, 2.75) is 12.5 Å². The summed E-state index contributed by atoms with van der Waals surface area (Å²) < 4.78 is 0. The largest absolute Gasteiger partial charge is 0.480 e. The summed E-state index contributed by atoms with van der Waals surface area (Å²) in [7, 11) is 0. The minimum Gasteiger partial charge on any atom is -0.480 e. The van der Waals surface area contributed by atoms with E-state index in [9.17, 15) is 4.79 Å². The molecule has 1 aliphatic rings. The molecular formula is C9H18Cl2N2O2. The summed E-state index contributed by atoms with van der Waals surface area (Å²) in [5.74, 6) is -0.808. The summed E-state index contributed by atoms with van der Waals surface area (Å²) in [6.07, 6.45) is 2.49. The van der Waals surface area contributed by atoms with Gasteiger partial charge in [-0.15, -0.1) is 31.4 Å². The van der Waals surface area contributed by atoms with Gasteiger partial charge in [-0.3, -0.25) is 9.69 Å². The third-order valence-electron chi connectivity index (χ3n) is 2.24. The van der Waals surface area contributed by atoms with E-state index in [-0.39, 0.29) is 24.8 Å². The molecule has 0 aromatic rings. The average molecular weight is 257 g/mol. The standard InChI is InChI=1S/C9H16N2O2.2ClH/c1-2-8(9(12)13)11-6-3-4-10-5-7-11;;/h2,8,10H,1,3-7H2,(H,12,13);2*1H. The van der Waals surface area contributed by atoms with Crippen LogP contribution < -0.4 is 5.32 Å². The van der Waals surface area contributed by atoms with Crippen LogP contribution in [0.4, 0.5) is 0 Å². The first-order valence-electron chi connectivity index (χ1n) is 4.56. The summed E-state index contributed by atoms with van der Waals surface area (Å²) in [6.45, 7) is 6.99. The molecule has 1 heterocycles. The van der Waals surface area contributed by atoms with E-state index in [0.717, 1.165) is 32.6 Å². The normalized spacial score (nSPS) is 18.9. The van der Waals surface area contributed by atoms with Gasteiger partial charge in [-0.1, -0.05) is 6.08 Å². The van der Waals surface area contributed by atoms with Crippen molar-refractivity contribution in [1.29, 1.82) is 0 Å². The number of hydrogen-bond donors (Lipinski definition) is 2. The highest BCUT2D eigenvalue weighted by Gasteiger charge is 2.22. The first-order chi connectivity index (χ1) is 6.25. The summed E-state index contributed by atoms with van der Waals surface area (Å²) in [4.78, 5) is 12.7. The average Bonchev–Trinajstić information content (AvgIpc) is 2.33. The van der Waals surface area contributed by atoms with Crippen LogP contribution in [0, 0.1) is 0 Å². The van der Waals surface area contributed by atoms with Crippen molar-refractivity contribution in [3.05, 3.63) is 12.7 Å². The van der Waals surface area contributed by atoms with Crippen molar-refractivity contribution in [2.75, 3.05) is 26.2 Å². The van der Waals surface area contributed by atoms with Gasteiger partial charge >= 0.3 is 5.97 Å². The monoisotopic (exact) mass is 256 g/mol. The van der Waals surface area contributed by atoms with E-state index < -0.39 is 12.0 Å². The number of halogens is 2. The Labute approximate surface area is 103 Å². The number of carboxylic acid groups (broad SMARTS) is 1. The second kappa shape index (κ2) is 8.97.